The average Bonchev–Trinajstić information content (AvgIpc) is 2.14. The Labute approximate surface area is 93.2 Å². The lowest BCUT2D eigenvalue weighted by Crippen LogP contribution is -2.28. The van der Waals surface area contributed by atoms with E-state index in [9.17, 15) is 18.7 Å². The highest BCUT2D eigenvalue weighted by Gasteiger charge is 2.12. The molecule has 0 aromatic heterocycles. The van der Waals surface area contributed by atoms with Gasteiger partial charge in [-0.2, -0.15) is 0 Å². The Morgan fingerprint density at radius 1 is 1.53 bits per heavy atom. The smallest absolute Gasteiger partial charge is 0.255 e. The maximum Gasteiger partial charge on any atom is 0.255 e. The van der Waals surface area contributed by atoms with Crippen molar-refractivity contribution < 1.29 is 18.7 Å². The quantitative estimate of drug-likeness (QED) is 0.891. The molecule has 0 aliphatic heterocycles. The number of nitrogens with one attached hydrogen (secondary N) is 1. The Bertz CT molecular complexity index is 371. The zero-order valence-corrected chi connectivity index (χ0v) is 9.09. The summed E-state index contributed by atoms with van der Waals surface area (Å²) in [6.07, 6.45) is -2.61. The van der Waals surface area contributed by atoms with Crippen LogP contribution in [-0.2, 0) is 0 Å². The van der Waals surface area contributed by atoms with Crippen molar-refractivity contribution in [3.8, 4) is 5.75 Å². The number of hydrogen-bond donors (Lipinski definition) is 2. The molecule has 0 saturated heterocycles. The molecule has 15 heavy (non-hydrogen) atoms. The van der Waals surface area contributed by atoms with Crippen LogP contribution in [0.1, 0.15) is 10.4 Å². The summed E-state index contributed by atoms with van der Waals surface area (Å²) in [4.78, 5) is 11.3. The largest absolute Gasteiger partial charge is 0.507 e. The van der Waals surface area contributed by atoms with E-state index in [1.807, 2.05) is 5.32 Å². The van der Waals surface area contributed by atoms with E-state index in [0.717, 1.165) is 0 Å². The minimum atomic E-state index is -2.61. The lowest BCUT2D eigenvalue weighted by molar-refractivity contribution is 0.0889. The van der Waals surface area contributed by atoms with Gasteiger partial charge in [0.15, 0.2) is 0 Å². The van der Waals surface area contributed by atoms with Crippen LogP contribution in [0.5, 0.6) is 5.75 Å². The van der Waals surface area contributed by atoms with E-state index in [-0.39, 0.29) is 11.3 Å². The summed E-state index contributed by atoms with van der Waals surface area (Å²) in [5, 5.41) is 11.3. The van der Waals surface area contributed by atoms with Crippen LogP contribution >= 0.6 is 15.9 Å². The molecule has 0 aliphatic carbocycles. The highest BCUT2D eigenvalue weighted by atomic mass is 79.9. The fourth-order valence-corrected chi connectivity index (χ4v) is 1.31. The molecule has 0 heterocycles. The molecule has 0 unspecified atom stereocenters. The van der Waals surface area contributed by atoms with Gasteiger partial charge in [-0.1, -0.05) is 15.9 Å². The first-order valence-corrected chi connectivity index (χ1v) is 4.85. The number of carbonyl (C=O) groups is 1. The molecule has 0 spiro atoms. The second-order valence-electron chi connectivity index (χ2n) is 2.76. The third-order valence-electron chi connectivity index (χ3n) is 1.62. The molecule has 2 N–H and O–H groups in total. The number of phenolic OH excluding ortho intramolecular Hbond substituents is 1. The minimum absolute atomic E-state index is 0.0288. The van der Waals surface area contributed by atoms with Gasteiger partial charge in [0.25, 0.3) is 12.3 Å². The van der Waals surface area contributed by atoms with Crippen molar-refractivity contribution in [1.82, 2.24) is 5.32 Å². The molecule has 0 aliphatic rings. The highest BCUT2D eigenvalue weighted by molar-refractivity contribution is 9.10. The third kappa shape index (κ3) is 3.47. The number of aromatic hydroxyl groups is 1. The number of rotatable bonds is 3. The monoisotopic (exact) mass is 279 g/mol. The average molecular weight is 280 g/mol. The molecule has 0 saturated carbocycles. The first kappa shape index (κ1) is 11.9. The molecule has 3 nitrogen and oxygen atoms in total. The summed E-state index contributed by atoms with van der Waals surface area (Å²) in [6, 6.07) is 4.20. The molecular weight excluding hydrogens is 272 g/mol. The van der Waals surface area contributed by atoms with Gasteiger partial charge in [0, 0.05) is 4.47 Å². The SMILES string of the molecule is O=C(NCC(F)F)c1ccc(Br)cc1O. The maximum absolute atomic E-state index is 11.8. The lowest BCUT2D eigenvalue weighted by atomic mass is 10.2. The fraction of sp³-hybridized carbons (Fsp3) is 0.222. The Balaban J connectivity index is 2.74. The van der Waals surface area contributed by atoms with E-state index < -0.39 is 18.9 Å². The van der Waals surface area contributed by atoms with E-state index in [4.69, 9.17) is 0 Å². The Morgan fingerprint density at radius 2 is 2.20 bits per heavy atom. The molecule has 1 amide bonds. The second-order valence-corrected chi connectivity index (χ2v) is 3.68. The van der Waals surface area contributed by atoms with Crippen molar-refractivity contribution in [1.29, 1.82) is 0 Å². The molecule has 82 valence electrons. The van der Waals surface area contributed by atoms with Crippen LogP contribution in [0, 0.1) is 0 Å². The number of hydrogen-bond acceptors (Lipinski definition) is 2. The molecule has 0 atom stereocenters. The van der Waals surface area contributed by atoms with E-state index in [1.165, 1.54) is 18.2 Å². The van der Waals surface area contributed by atoms with Gasteiger partial charge < -0.3 is 10.4 Å². The van der Waals surface area contributed by atoms with Gasteiger partial charge in [-0.3, -0.25) is 4.79 Å². The molecule has 0 fully saturated rings. The first-order valence-electron chi connectivity index (χ1n) is 4.05. The summed E-state index contributed by atoms with van der Waals surface area (Å²) in [6.45, 7) is -0.728. The normalized spacial score (nSPS) is 10.4. The predicted octanol–water partition coefficient (Wildman–Crippen LogP) is 2.15. The molecule has 1 aromatic carbocycles. The summed E-state index contributed by atoms with van der Waals surface area (Å²) in [5.41, 5.74) is -0.0288. The number of phenols is 1. The zero-order valence-electron chi connectivity index (χ0n) is 7.51. The minimum Gasteiger partial charge on any atom is -0.507 e. The van der Waals surface area contributed by atoms with Gasteiger partial charge in [0.05, 0.1) is 12.1 Å². The third-order valence-corrected chi connectivity index (χ3v) is 2.11. The lowest BCUT2D eigenvalue weighted by Gasteiger charge is -2.06. The molecule has 1 rings (SSSR count). The fourth-order valence-electron chi connectivity index (χ4n) is 0.962. The van der Waals surface area contributed by atoms with Crippen LogP contribution < -0.4 is 5.32 Å². The number of benzene rings is 1. The Kier molecular flexibility index (Phi) is 4.02. The second kappa shape index (κ2) is 5.06. The zero-order chi connectivity index (χ0) is 11.4. The van der Waals surface area contributed by atoms with Crippen LogP contribution in [0.15, 0.2) is 22.7 Å². The van der Waals surface area contributed by atoms with Gasteiger partial charge in [-0.25, -0.2) is 8.78 Å². The van der Waals surface area contributed by atoms with Crippen LogP contribution in [0.2, 0.25) is 0 Å². The van der Waals surface area contributed by atoms with Crippen LogP contribution in [-0.4, -0.2) is 24.0 Å². The van der Waals surface area contributed by atoms with Gasteiger partial charge in [-0.15, -0.1) is 0 Å². The van der Waals surface area contributed by atoms with E-state index >= 15 is 0 Å². The topological polar surface area (TPSA) is 49.3 Å². The van der Waals surface area contributed by atoms with Crippen LogP contribution in [0.3, 0.4) is 0 Å². The molecule has 6 heteroatoms. The standard InChI is InChI=1S/C9H8BrF2NO2/c10-5-1-2-6(7(14)3-5)9(15)13-4-8(11)12/h1-3,8,14H,4H2,(H,13,15). The summed E-state index contributed by atoms with van der Waals surface area (Å²) < 4.78 is 24.2. The number of carbonyl (C=O) groups excluding carboxylic acids is 1. The van der Waals surface area contributed by atoms with E-state index in [2.05, 4.69) is 15.9 Å². The van der Waals surface area contributed by atoms with Crippen molar-refractivity contribution in [2.75, 3.05) is 6.54 Å². The van der Waals surface area contributed by atoms with Crippen molar-refractivity contribution in [2.45, 2.75) is 6.43 Å². The molecule has 0 bridgehead atoms. The summed E-state index contributed by atoms with van der Waals surface area (Å²) in [7, 11) is 0. The number of halogens is 3. The molecular formula is C9H8BrF2NO2. The first-order chi connectivity index (χ1) is 7.00. The van der Waals surface area contributed by atoms with Crippen molar-refractivity contribution in [3.63, 3.8) is 0 Å². The van der Waals surface area contributed by atoms with Crippen molar-refractivity contribution in [3.05, 3.63) is 28.2 Å². The van der Waals surface area contributed by atoms with Crippen molar-refractivity contribution in [2.24, 2.45) is 0 Å². The number of alkyl halides is 2. The van der Waals surface area contributed by atoms with E-state index in [1.54, 1.807) is 0 Å². The van der Waals surface area contributed by atoms with Gasteiger partial charge >= 0.3 is 0 Å². The summed E-state index contributed by atoms with van der Waals surface area (Å²) >= 11 is 3.10. The van der Waals surface area contributed by atoms with Crippen LogP contribution in [0.4, 0.5) is 8.78 Å². The van der Waals surface area contributed by atoms with Crippen molar-refractivity contribution >= 4 is 21.8 Å². The number of amides is 1. The van der Waals surface area contributed by atoms with Gasteiger partial charge in [0.2, 0.25) is 0 Å². The maximum atomic E-state index is 11.8. The Morgan fingerprint density at radius 3 is 2.73 bits per heavy atom. The summed E-state index contributed by atoms with van der Waals surface area (Å²) in [5.74, 6) is -0.976. The van der Waals surface area contributed by atoms with Gasteiger partial charge in [-0.05, 0) is 18.2 Å². The predicted molar refractivity (Wildman–Crippen MR) is 54.1 cm³/mol. The molecule has 1 aromatic rings. The Hall–Kier alpha value is -1.17. The van der Waals surface area contributed by atoms with Crippen LogP contribution in [0.25, 0.3) is 0 Å². The van der Waals surface area contributed by atoms with E-state index in [0.29, 0.717) is 4.47 Å². The highest BCUT2D eigenvalue weighted by Crippen LogP contribution is 2.21. The molecule has 0 radical (unpaired) electrons. The van der Waals surface area contributed by atoms with Gasteiger partial charge in [0.1, 0.15) is 5.75 Å².